The first-order valence-corrected chi connectivity index (χ1v) is 7.84. The molecule has 19 heavy (non-hydrogen) atoms. The van der Waals surface area contributed by atoms with E-state index in [1.807, 2.05) is 12.1 Å². The maximum absolute atomic E-state index is 6.48. The van der Waals surface area contributed by atoms with Crippen LogP contribution >= 0.6 is 11.6 Å². The van der Waals surface area contributed by atoms with Gasteiger partial charge in [0.15, 0.2) is 0 Å². The fourth-order valence-electron chi connectivity index (χ4n) is 3.03. The highest BCUT2D eigenvalue weighted by Gasteiger charge is 2.26. The number of nitrogens with two attached hydrogens (primary N) is 1. The molecule has 2 N–H and O–H groups in total. The summed E-state index contributed by atoms with van der Waals surface area (Å²) >= 11 is 6.48. The van der Waals surface area contributed by atoms with Crippen molar-refractivity contribution in [3.63, 3.8) is 0 Å². The van der Waals surface area contributed by atoms with Gasteiger partial charge in [-0.25, -0.2) is 0 Å². The lowest BCUT2D eigenvalue weighted by Gasteiger charge is -2.29. The van der Waals surface area contributed by atoms with Crippen LogP contribution in [0.3, 0.4) is 0 Å². The molecule has 1 heterocycles. The Balaban J connectivity index is 2.32. The minimum Gasteiger partial charge on any atom is -0.367 e. The topological polar surface area (TPSA) is 29.3 Å². The quantitative estimate of drug-likeness (QED) is 0.883. The zero-order chi connectivity index (χ0) is 13.8. The van der Waals surface area contributed by atoms with Crippen LogP contribution in [0.2, 0.25) is 5.02 Å². The Kier molecular flexibility index (Phi) is 5.12. The monoisotopic (exact) mass is 280 g/mol. The van der Waals surface area contributed by atoms with E-state index >= 15 is 0 Å². The lowest BCUT2D eigenvalue weighted by Crippen LogP contribution is -2.31. The highest BCUT2D eigenvalue weighted by Crippen LogP contribution is 2.36. The minimum atomic E-state index is 0.222. The number of rotatable bonds is 5. The average molecular weight is 281 g/mol. The predicted octanol–water partition coefficient (Wildman–Crippen LogP) is 4.00. The first-order valence-electron chi connectivity index (χ1n) is 7.47. The van der Waals surface area contributed by atoms with Gasteiger partial charge in [-0.15, -0.1) is 0 Å². The lowest BCUT2D eigenvalue weighted by atomic mass is 10.0. The minimum absolute atomic E-state index is 0.222. The van der Waals surface area contributed by atoms with Crippen LogP contribution in [0, 0.1) is 0 Å². The normalized spacial score (nSPS) is 20.8. The average Bonchev–Trinajstić information content (AvgIpc) is 2.86. The molecule has 3 heteroatoms. The Morgan fingerprint density at radius 2 is 2.21 bits per heavy atom. The fourth-order valence-corrected chi connectivity index (χ4v) is 3.33. The molecule has 1 aliphatic rings. The molecule has 2 unspecified atom stereocenters. The number of benzene rings is 1. The summed E-state index contributed by atoms with van der Waals surface area (Å²) in [6, 6.07) is 7.09. The molecule has 0 radical (unpaired) electrons. The molecule has 0 bridgehead atoms. The van der Waals surface area contributed by atoms with Crippen LogP contribution in [0.25, 0.3) is 0 Å². The van der Waals surface area contributed by atoms with Gasteiger partial charge in [-0.1, -0.05) is 37.6 Å². The second-order valence-electron chi connectivity index (χ2n) is 5.52. The number of halogens is 1. The van der Waals surface area contributed by atoms with Crippen molar-refractivity contribution < 1.29 is 0 Å². The molecule has 106 valence electrons. The third-order valence-electron chi connectivity index (χ3n) is 4.21. The predicted molar refractivity (Wildman–Crippen MR) is 84.1 cm³/mol. The maximum Gasteiger partial charge on any atom is 0.0642 e. The third kappa shape index (κ3) is 3.24. The molecule has 1 saturated heterocycles. The van der Waals surface area contributed by atoms with Crippen molar-refractivity contribution in [1.82, 2.24) is 0 Å². The van der Waals surface area contributed by atoms with Gasteiger partial charge in [0.05, 0.1) is 10.7 Å². The molecule has 1 aliphatic heterocycles. The summed E-state index contributed by atoms with van der Waals surface area (Å²) in [6.45, 7) is 5.52. The summed E-state index contributed by atoms with van der Waals surface area (Å²) in [7, 11) is 0. The van der Waals surface area contributed by atoms with Crippen LogP contribution < -0.4 is 10.6 Å². The molecule has 1 aromatic rings. The summed E-state index contributed by atoms with van der Waals surface area (Å²) in [5, 5.41) is 0.876. The van der Waals surface area contributed by atoms with E-state index in [2.05, 4.69) is 24.8 Å². The van der Waals surface area contributed by atoms with E-state index in [1.165, 1.54) is 30.5 Å². The number of anilines is 1. The van der Waals surface area contributed by atoms with E-state index < -0.39 is 0 Å². The van der Waals surface area contributed by atoms with Crippen molar-refractivity contribution in [3.8, 4) is 0 Å². The Bertz CT molecular complexity index is 419. The van der Waals surface area contributed by atoms with Crippen molar-refractivity contribution in [2.45, 2.75) is 58.0 Å². The first kappa shape index (κ1) is 14.7. The van der Waals surface area contributed by atoms with E-state index in [-0.39, 0.29) is 6.04 Å². The molecule has 0 aliphatic carbocycles. The lowest BCUT2D eigenvalue weighted by molar-refractivity contribution is 0.628. The molecule has 0 amide bonds. The SMILES string of the molecule is CCC(N)Cc1cccc(Cl)c1N1CCCC1CC. The van der Waals surface area contributed by atoms with Gasteiger partial charge in [-0.2, -0.15) is 0 Å². The van der Waals surface area contributed by atoms with Gasteiger partial charge in [0.1, 0.15) is 0 Å². The zero-order valence-corrected chi connectivity index (χ0v) is 12.8. The van der Waals surface area contributed by atoms with Gasteiger partial charge in [-0.05, 0) is 43.7 Å². The largest absolute Gasteiger partial charge is 0.367 e. The van der Waals surface area contributed by atoms with Crippen LogP contribution in [0.15, 0.2) is 18.2 Å². The van der Waals surface area contributed by atoms with Gasteiger partial charge in [0.2, 0.25) is 0 Å². The fraction of sp³-hybridized carbons (Fsp3) is 0.625. The van der Waals surface area contributed by atoms with Crippen LogP contribution in [-0.2, 0) is 6.42 Å². The van der Waals surface area contributed by atoms with E-state index in [0.29, 0.717) is 6.04 Å². The number of para-hydroxylation sites is 1. The Labute approximate surface area is 121 Å². The van der Waals surface area contributed by atoms with Crippen LogP contribution in [0.1, 0.15) is 45.1 Å². The maximum atomic E-state index is 6.48. The molecule has 0 aromatic heterocycles. The standard InChI is InChI=1S/C16H25ClN2/c1-3-13(18)11-12-7-5-9-15(17)16(12)19-10-6-8-14(19)4-2/h5,7,9,13-14H,3-4,6,8,10-11,18H2,1-2H3. The molecule has 1 aromatic carbocycles. The number of nitrogens with zero attached hydrogens (tertiary/aromatic N) is 1. The van der Waals surface area contributed by atoms with E-state index in [1.54, 1.807) is 0 Å². The molecule has 0 spiro atoms. The van der Waals surface area contributed by atoms with Crippen molar-refractivity contribution in [2.24, 2.45) is 5.73 Å². The van der Waals surface area contributed by atoms with Crippen molar-refractivity contribution >= 4 is 17.3 Å². The van der Waals surface area contributed by atoms with Crippen LogP contribution in [0.5, 0.6) is 0 Å². The van der Waals surface area contributed by atoms with Crippen molar-refractivity contribution in [2.75, 3.05) is 11.4 Å². The molecule has 2 atom stereocenters. The molecule has 2 nitrogen and oxygen atoms in total. The van der Waals surface area contributed by atoms with E-state index in [9.17, 15) is 0 Å². The Hall–Kier alpha value is -0.730. The summed E-state index contributed by atoms with van der Waals surface area (Å²) < 4.78 is 0. The smallest absolute Gasteiger partial charge is 0.0642 e. The highest BCUT2D eigenvalue weighted by atomic mass is 35.5. The first-order chi connectivity index (χ1) is 9.17. The number of hydrogen-bond donors (Lipinski definition) is 1. The van der Waals surface area contributed by atoms with Gasteiger partial charge in [-0.3, -0.25) is 0 Å². The molecular weight excluding hydrogens is 256 g/mol. The Morgan fingerprint density at radius 1 is 1.42 bits per heavy atom. The van der Waals surface area contributed by atoms with Gasteiger partial charge in [0, 0.05) is 18.6 Å². The number of hydrogen-bond acceptors (Lipinski definition) is 2. The van der Waals surface area contributed by atoms with E-state index in [0.717, 1.165) is 24.4 Å². The van der Waals surface area contributed by atoms with Crippen LogP contribution in [0.4, 0.5) is 5.69 Å². The third-order valence-corrected chi connectivity index (χ3v) is 4.52. The summed E-state index contributed by atoms with van der Waals surface area (Å²) in [6.07, 6.45) is 5.65. The Morgan fingerprint density at radius 3 is 2.89 bits per heavy atom. The van der Waals surface area contributed by atoms with Crippen LogP contribution in [-0.4, -0.2) is 18.6 Å². The second kappa shape index (κ2) is 6.62. The highest BCUT2D eigenvalue weighted by molar-refractivity contribution is 6.33. The van der Waals surface area contributed by atoms with Crippen molar-refractivity contribution in [1.29, 1.82) is 0 Å². The van der Waals surface area contributed by atoms with E-state index in [4.69, 9.17) is 17.3 Å². The van der Waals surface area contributed by atoms with Gasteiger partial charge >= 0.3 is 0 Å². The van der Waals surface area contributed by atoms with Gasteiger partial charge in [0.25, 0.3) is 0 Å². The molecule has 0 saturated carbocycles. The summed E-state index contributed by atoms with van der Waals surface area (Å²) in [5.74, 6) is 0. The second-order valence-corrected chi connectivity index (χ2v) is 5.92. The zero-order valence-electron chi connectivity index (χ0n) is 12.0. The molecule has 2 rings (SSSR count). The molecule has 1 fully saturated rings. The summed E-state index contributed by atoms with van der Waals surface area (Å²) in [5.41, 5.74) is 8.67. The van der Waals surface area contributed by atoms with Gasteiger partial charge < -0.3 is 10.6 Å². The summed E-state index contributed by atoms with van der Waals surface area (Å²) in [4.78, 5) is 2.50. The molecular formula is C16H25ClN2. The van der Waals surface area contributed by atoms with Crippen molar-refractivity contribution in [3.05, 3.63) is 28.8 Å².